The standard InChI is InChI=1S/C23H23F3N6O2/c1-12-3-5-18(21-31-30-13(2)34-21)20(29-12)22(33)32-11-15-7-14(15)8-17(32)10-28-19-6-4-16(9-27-19)23(24,25)26/h3-6,9,14-15,17H,7-8,10-11H2,1-2H3,(H,27,28)/t14-,15+,17?/m1/s1. The molecule has 0 radical (unpaired) electrons. The predicted molar refractivity (Wildman–Crippen MR) is 116 cm³/mol. The number of aromatic nitrogens is 4. The molecular formula is C23H23F3N6O2. The van der Waals surface area contributed by atoms with Crippen LogP contribution in [0.2, 0.25) is 0 Å². The van der Waals surface area contributed by atoms with Gasteiger partial charge in [-0.15, -0.1) is 10.2 Å². The number of piperidine rings is 1. The summed E-state index contributed by atoms with van der Waals surface area (Å²) in [7, 11) is 0. The summed E-state index contributed by atoms with van der Waals surface area (Å²) in [6.45, 7) is 4.46. The number of hydrogen-bond donors (Lipinski definition) is 1. The third-order valence-electron chi connectivity index (χ3n) is 6.38. The van der Waals surface area contributed by atoms with E-state index < -0.39 is 11.7 Å². The first-order valence-corrected chi connectivity index (χ1v) is 11.1. The average molecular weight is 472 g/mol. The summed E-state index contributed by atoms with van der Waals surface area (Å²) >= 11 is 0. The molecular weight excluding hydrogens is 449 g/mol. The van der Waals surface area contributed by atoms with E-state index >= 15 is 0 Å². The number of fused-ring (bicyclic) bond motifs is 1. The summed E-state index contributed by atoms with van der Waals surface area (Å²) in [4.78, 5) is 23.9. The zero-order valence-electron chi connectivity index (χ0n) is 18.6. The maximum atomic E-state index is 13.7. The van der Waals surface area contributed by atoms with Gasteiger partial charge in [0.05, 0.1) is 11.1 Å². The lowest BCUT2D eigenvalue weighted by Crippen LogP contribution is -2.48. The highest BCUT2D eigenvalue weighted by Gasteiger charge is 2.47. The predicted octanol–water partition coefficient (Wildman–Crippen LogP) is 4.12. The van der Waals surface area contributed by atoms with Crippen LogP contribution in [0.1, 0.15) is 40.5 Å². The van der Waals surface area contributed by atoms with Crippen LogP contribution in [0.3, 0.4) is 0 Å². The van der Waals surface area contributed by atoms with Crippen molar-refractivity contribution >= 4 is 11.7 Å². The van der Waals surface area contributed by atoms with E-state index in [2.05, 4.69) is 25.5 Å². The fourth-order valence-corrected chi connectivity index (χ4v) is 4.47. The first kappa shape index (κ1) is 22.3. The molecule has 34 heavy (non-hydrogen) atoms. The van der Waals surface area contributed by atoms with Crippen LogP contribution < -0.4 is 5.32 Å². The van der Waals surface area contributed by atoms with Gasteiger partial charge in [0.15, 0.2) is 0 Å². The minimum absolute atomic E-state index is 0.153. The van der Waals surface area contributed by atoms with Gasteiger partial charge in [-0.3, -0.25) is 4.79 Å². The minimum Gasteiger partial charge on any atom is -0.421 e. The van der Waals surface area contributed by atoms with Gasteiger partial charge < -0.3 is 14.6 Å². The number of nitrogens with zero attached hydrogens (tertiary/aromatic N) is 5. The van der Waals surface area contributed by atoms with Crippen molar-refractivity contribution in [2.45, 2.75) is 38.9 Å². The fraction of sp³-hybridized carbons (Fsp3) is 0.435. The lowest BCUT2D eigenvalue weighted by molar-refractivity contribution is -0.137. The van der Waals surface area contributed by atoms with Crippen molar-refractivity contribution in [3.05, 3.63) is 53.3 Å². The second-order valence-corrected chi connectivity index (χ2v) is 8.89. The van der Waals surface area contributed by atoms with Crippen molar-refractivity contribution in [2.24, 2.45) is 11.8 Å². The van der Waals surface area contributed by atoms with Crippen LogP contribution in [0.5, 0.6) is 0 Å². The molecule has 1 amide bonds. The minimum atomic E-state index is -4.44. The highest BCUT2D eigenvalue weighted by Crippen LogP contribution is 2.47. The van der Waals surface area contributed by atoms with E-state index in [0.717, 1.165) is 25.1 Å². The Labute approximate surface area is 193 Å². The summed E-state index contributed by atoms with van der Waals surface area (Å²) in [6.07, 6.45) is -1.76. The first-order chi connectivity index (χ1) is 16.2. The molecule has 2 fully saturated rings. The van der Waals surface area contributed by atoms with Gasteiger partial charge in [-0.1, -0.05) is 0 Å². The molecule has 5 rings (SSSR count). The number of carbonyl (C=O) groups is 1. The largest absolute Gasteiger partial charge is 0.421 e. The van der Waals surface area contributed by atoms with Crippen LogP contribution in [0.25, 0.3) is 11.5 Å². The molecule has 4 heterocycles. The molecule has 178 valence electrons. The third kappa shape index (κ3) is 4.46. The molecule has 3 aromatic rings. The molecule has 1 aliphatic heterocycles. The number of rotatable bonds is 5. The molecule has 1 aliphatic carbocycles. The number of likely N-dealkylation sites (tertiary alicyclic amines) is 1. The summed E-state index contributed by atoms with van der Waals surface area (Å²) in [5.74, 6) is 1.74. The molecule has 1 unspecified atom stereocenters. The summed E-state index contributed by atoms with van der Waals surface area (Å²) in [5.41, 5.74) is 0.613. The normalized spacial score (nSPS) is 21.8. The van der Waals surface area contributed by atoms with E-state index in [-0.39, 0.29) is 23.5 Å². The number of nitrogens with one attached hydrogen (secondary N) is 1. The van der Waals surface area contributed by atoms with Crippen molar-refractivity contribution in [1.82, 2.24) is 25.1 Å². The maximum absolute atomic E-state index is 13.7. The molecule has 0 spiro atoms. The molecule has 11 heteroatoms. The number of anilines is 1. The van der Waals surface area contributed by atoms with Crippen molar-refractivity contribution in [3.8, 4) is 11.5 Å². The molecule has 3 atom stereocenters. The Morgan fingerprint density at radius 1 is 1.15 bits per heavy atom. The number of halogens is 3. The van der Waals surface area contributed by atoms with E-state index in [9.17, 15) is 18.0 Å². The number of alkyl halides is 3. The molecule has 0 bridgehead atoms. The Morgan fingerprint density at radius 2 is 1.97 bits per heavy atom. The molecule has 8 nitrogen and oxygen atoms in total. The van der Waals surface area contributed by atoms with Crippen LogP contribution in [-0.4, -0.2) is 50.1 Å². The number of hydrogen-bond acceptors (Lipinski definition) is 7. The second kappa shape index (κ2) is 8.37. The van der Waals surface area contributed by atoms with E-state index in [4.69, 9.17) is 4.42 Å². The van der Waals surface area contributed by atoms with Crippen LogP contribution in [-0.2, 0) is 6.18 Å². The van der Waals surface area contributed by atoms with Crippen molar-refractivity contribution in [3.63, 3.8) is 0 Å². The number of aryl methyl sites for hydroxylation is 2. The van der Waals surface area contributed by atoms with Crippen LogP contribution in [0.4, 0.5) is 19.0 Å². The van der Waals surface area contributed by atoms with Crippen LogP contribution in [0.15, 0.2) is 34.9 Å². The average Bonchev–Trinajstić information content (AvgIpc) is 3.44. The monoisotopic (exact) mass is 472 g/mol. The van der Waals surface area contributed by atoms with Gasteiger partial charge in [0.25, 0.3) is 5.91 Å². The third-order valence-corrected chi connectivity index (χ3v) is 6.38. The Kier molecular flexibility index (Phi) is 5.49. The molecule has 1 N–H and O–H groups in total. The molecule has 1 saturated carbocycles. The highest BCUT2D eigenvalue weighted by atomic mass is 19.4. The lowest BCUT2D eigenvalue weighted by Gasteiger charge is -2.35. The quantitative estimate of drug-likeness (QED) is 0.597. The van der Waals surface area contributed by atoms with Crippen LogP contribution >= 0.6 is 0 Å². The molecule has 0 aromatic carbocycles. The van der Waals surface area contributed by atoms with Gasteiger partial charge >= 0.3 is 6.18 Å². The van der Waals surface area contributed by atoms with E-state index in [1.54, 1.807) is 24.0 Å². The van der Waals surface area contributed by atoms with Gasteiger partial charge in [-0.2, -0.15) is 13.2 Å². The first-order valence-electron chi connectivity index (χ1n) is 11.1. The van der Waals surface area contributed by atoms with E-state index in [0.29, 0.717) is 47.9 Å². The zero-order chi connectivity index (χ0) is 24.0. The SMILES string of the molecule is Cc1ccc(-c2nnc(C)o2)c(C(=O)N2C[C@@H]3C[C@@H]3CC2CNc2ccc(C(F)(F)F)cn2)n1. The Hall–Kier alpha value is -3.50. The number of pyridine rings is 2. The van der Waals surface area contributed by atoms with Gasteiger partial charge in [0, 0.05) is 37.9 Å². The van der Waals surface area contributed by atoms with Crippen molar-refractivity contribution in [1.29, 1.82) is 0 Å². The van der Waals surface area contributed by atoms with Gasteiger partial charge in [-0.05, 0) is 55.9 Å². The van der Waals surface area contributed by atoms with Crippen molar-refractivity contribution < 1.29 is 22.4 Å². The van der Waals surface area contributed by atoms with Gasteiger partial charge in [0.1, 0.15) is 11.5 Å². The van der Waals surface area contributed by atoms with E-state index in [1.807, 2.05) is 6.92 Å². The summed E-state index contributed by atoms with van der Waals surface area (Å²) in [5, 5.41) is 11.0. The van der Waals surface area contributed by atoms with Crippen LogP contribution in [0, 0.1) is 25.7 Å². The Bertz CT molecular complexity index is 1210. The topological polar surface area (TPSA) is 97.0 Å². The molecule has 3 aromatic heterocycles. The summed E-state index contributed by atoms with van der Waals surface area (Å²) < 4.78 is 44.0. The Balaban J connectivity index is 1.37. The zero-order valence-corrected chi connectivity index (χ0v) is 18.6. The highest BCUT2D eigenvalue weighted by molar-refractivity contribution is 5.98. The smallest absolute Gasteiger partial charge is 0.417 e. The maximum Gasteiger partial charge on any atom is 0.417 e. The van der Waals surface area contributed by atoms with Gasteiger partial charge in [0.2, 0.25) is 11.8 Å². The summed E-state index contributed by atoms with van der Waals surface area (Å²) in [6, 6.07) is 5.68. The molecule has 1 saturated heterocycles. The van der Waals surface area contributed by atoms with E-state index in [1.165, 1.54) is 6.07 Å². The lowest BCUT2D eigenvalue weighted by atomic mass is 10.0. The fourth-order valence-electron chi connectivity index (χ4n) is 4.47. The van der Waals surface area contributed by atoms with Gasteiger partial charge in [-0.25, -0.2) is 9.97 Å². The number of amides is 1. The number of carbonyl (C=O) groups excluding carboxylic acids is 1. The Morgan fingerprint density at radius 3 is 2.65 bits per heavy atom. The molecule has 2 aliphatic rings. The second-order valence-electron chi connectivity index (χ2n) is 8.89. The van der Waals surface area contributed by atoms with Crippen molar-refractivity contribution in [2.75, 3.05) is 18.4 Å².